The minimum atomic E-state index is -3.47. The summed E-state index contributed by atoms with van der Waals surface area (Å²) in [6.07, 6.45) is 4.33. The highest BCUT2D eigenvalue weighted by atomic mass is 32.2. The van der Waals surface area contributed by atoms with Gasteiger partial charge in [-0.1, -0.05) is 0 Å². The Bertz CT molecular complexity index is 813. The van der Waals surface area contributed by atoms with Crippen LogP contribution in [0.5, 0.6) is 0 Å². The van der Waals surface area contributed by atoms with Crippen LogP contribution in [0.25, 0.3) is 11.4 Å². The van der Waals surface area contributed by atoms with Gasteiger partial charge in [-0.05, 0) is 6.42 Å². The van der Waals surface area contributed by atoms with Crippen molar-refractivity contribution in [2.75, 3.05) is 34.4 Å². The first kappa shape index (κ1) is 18.1. The fraction of sp³-hybridized carbons (Fsp3) is 0.600. The second-order valence-electron chi connectivity index (χ2n) is 6.09. The first-order valence-electron chi connectivity index (χ1n) is 8.08. The lowest BCUT2D eigenvalue weighted by Crippen LogP contribution is -2.43. The van der Waals surface area contributed by atoms with Gasteiger partial charge in [0.1, 0.15) is 17.7 Å². The number of hydrogen-bond acceptors (Lipinski definition) is 6. The van der Waals surface area contributed by atoms with Gasteiger partial charge in [0, 0.05) is 65.1 Å². The molecule has 0 spiro atoms. The number of fused-ring (bicyclic) bond motifs is 1. The average Bonchev–Trinajstić information content (AvgIpc) is 3.22. The second kappa shape index (κ2) is 7.24. The van der Waals surface area contributed by atoms with E-state index in [9.17, 15) is 8.42 Å². The summed E-state index contributed by atoms with van der Waals surface area (Å²) in [4.78, 5) is 4.18. The van der Waals surface area contributed by atoms with Gasteiger partial charge in [0.05, 0.1) is 0 Å². The quantitative estimate of drug-likeness (QED) is 0.668. The maximum Gasteiger partial charge on any atom is 0.281 e. The molecule has 1 aliphatic rings. The van der Waals surface area contributed by atoms with Gasteiger partial charge in [0.2, 0.25) is 0 Å². The summed E-state index contributed by atoms with van der Waals surface area (Å²) >= 11 is 0. The van der Waals surface area contributed by atoms with Gasteiger partial charge in [-0.15, -0.1) is 0 Å². The largest absolute Gasteiger partial charge is 0.451 e. The molecule has 3 heterocycles. The fourth-order valence-electron chi connectivity index (χ4n) is 2.97. The Morgan fingerprint density at radius 1 is 1.40 bits per heavy atom. The van der Waals surface area contributed by atoms with E-state index in [0.29, 0.717) is 37.5 Å². The van der Waals surface area contributed by atoms with Gasteiger partial charge in [0.15, 0.2) is 6.39 Å². The zero-order valence-corrected chi connectivity index (χ0v) is 15.5. The Labute approximate surface area is 147 Å². The third kappa shape index (κ3) is 3.47. The van der Waals surface area contributed by atoms with E-state index in [1.54, 1.807) is 7.11 Å². The van der Waals surface area contributed by atoms with Crippen molar-refractivity contribution in [1.29, 1.82) is 0 Å². The van der Waals surface area contributed by atoms with Crippen molar-refractivity contribution in [1.82, 2.24) is 23.4 Å². The number of aryl methyl sites for hydroxylation is 1. The van der Waals surface area contributed by atoms with Crippen molar-refractivity contribution in [3.63, 3.8) is 0 Å². The van der Waals surface area contributed by atoms with Crippen molar-refractivity contribution in [2.45, 2.75) is 25.9 Å². The third-order valence-electron chi connectivity index (χ3n) is 4.28. The topological polar surface area (TPSA) is 93.7 Å². The molecule has 2 aromatic heterocycles. The number of aromatic nitrogens is 3. The number of hydrogen-bond donors (Lipinski definition) is 0. The molecule has 0 atom stereocenters. The number of methoxy groups -OCH3 is 1. The van der Waals surface area contributed by atoms with E-state index < -0.39 is 10.2 Å². The molecule has 138 valence electrons. The van der Waals surface area contributed by atoms with E-state index >= 15 is 0 Å². The minimum absolute atomic E-state index is 0.280. The van der Waals surface area contributed by atoms with Crippen LogP contribution in [-0.2, 0) is 34.5 Å². The summed E-state index contributed by atoms with van der Waals surface area (Å²) < 4.78 is 39.8. The van der Waals surface area contributed by atoms with Gasteiger partial charge in [-0.25, -0.2) is 4.98 Å². The molecule has 0 saturated carbocycles. The molecule has 0 unspecified atom stereocenters. The molecule has 1 aliphatic heterocycles. The van der Waals surface area contributed by atoms with Crippen LogP contribution >= 0.6 is 0 Å². The SMILES string of the molecule is COCCCn1nc(-c2cocn2)c2c1CCN(S(=O)(=O)N(C)C)C2. The van der Waals surface area contributed by atoms with Crippen molar-refractivity contribution < 1.29 is 17.6 Å². The lowest BCUT2D eigenvalue weighted by atomic mass is 10.1. The highest BCUT2D eigenvalue weighted by molar-refractivity contribution is 7.86. The zero-order chi connectivity index (χ0) is 18.0. The predicted octanol–water partition coefficient (Wildman–Crippen LogP) is 0.739. The van der Waals surface area contributed by atoms with Crippen LogP contribution in [0.1, 0.15) is 17.7 Å². The summed E-state index contributed by atoms with van der Waals surface area (Å²) in [6.45, 7) is 2.08. The Balaban J connectivity index is 1.96. The minimum Gasteiger partial charge on any atom is -0.451 e. The standard InChI is InChI=1S/C15H23N5O4S/c1-18(2)25(21,22)19-7-5-14-12(9-19)15(13-10-24-11-16-13)17-20(14)6-4-8-23-3/h10-11H,4-9H2,1-3H3. The molecular weight excluding hydrogens is 346 g/mol. The molecule has 25 heavy (non-hydrogen) atoms. The molecule has 0 radical (unpaired) electrons. The molecule has 0 bridgehead atoms. The summed E-state index contributed by atoms with van der Waals surface area (Å²) in [7, 11) is 1.27. The Hall–Kier alpha value is -1.75. The second-order valence-corrected chi connectivity index (χ2v) is 8.23. The van der Waals surface area contributed by atoms with Crippen LogP contribution in [0.4, 0.5) is 0 Å². The molecule has 0 aliphatic carbocycles. The number of nitrogens with zero attached hydrogens (tertiary/aromatic N) is 5. The van der Waals surface area contributed by atoms with E-state index in [4.69, 9.17) is 9.15 Å². The van der Waals surface area contributed by atoms with Crippen molar-refractivity contribution in [2.24, 2.45) is 0 Å². The first-order chi connectivity index (χ1) is 11.9. The normalized spacial score (nSPS) is 15.7. The van der Waals surface area contributed by atoms with Gasteiger partial charge >= 0.3 is 0 Å². The highest BCUT2D eigenvalue weighted by Gasteiger charge is 2.33. The Morgan fingerprint density at radius 2 is 2.20 bits per heavy atom. The molecule has 2 aromatic rings. The lowest BCUT2D eigenvalue weighted by molar-refractivity contribution is 0.188. The highest BCUT2D eigenvalue weighted by Crippen LogP contribution is 2.30. The van der Waals surface area contributed by atoms with E-state index in [2.05, 4.69) is 10.1 Å². The van der Waals surface area contributed by atoms with Gasteiger partial charge < -0.3 is 9.15 Å². The average molecular weight is 369 g/mol. The molecule has 0 N–H and O–H groups in total. The number of rotatable bonds is 7. The van der Waals surface area contributed by atoms with Gasteiger partial charge in [-0.2, -0.15) is 22.1 Å². The van der Waals surface area contributed by atoms with Crippen molar-refractivity contribution in [3.8, 4) is 11.4 Å². The van der Waals surface area contributed by atoms with E-state index in [1.165, 1.54) is 35.4 Å². The molecule has 10 heteroatoms. The molecule has 9 nitrogen and oxygen atoms in total. The summed E-state index contributed by atoms with van der Waals surface area (Å²) in [5.41, 5.74) is 3.24. The van der Waals surface area contributed by atoms with Crippen LogP contribution in [-0.4, -0.2) is 66.1 Å². The summed E-state index contributed by atoms with van der Waals surface area (Å²) in [5.74, 6) is 0. The van der Waals surface area contributed by atoms with Crippen molar-refractivity contribution >= 4 is 10.2 Å². The van der Waals surface area contributed by atoms with E-state index in [-0.39, 0.29) is 6.54 Å². The zero-order valence-electron chi connectivity index (χ0n) is 14.7. The molecule has 0 amide bonds. The summed E-state index contributed by atoms with van der Waals surface area (Å²) in [6, 6.07) is 0. The van der Waals surface area contributed by atoms with Gasteiger partial charge in [-0.3, -0.25) is 4.68 Å². The molecule has 0 saturated heterocycles. The Morgan fingerprint density at radius 3 is 2.84 bits per heavy atom. The molecular formula is C15H23N5O4S. The number of oxazole rings is 1. The van der Waals surface area contributed by atoms with E-state index in [1.807, 2.05) is 4.68 Å². The maximum atomic E-state index is 12.5. The third-order valence-corrected chi connectivity index (χ3v) is 6.17. The molecule has 0 aromatic carbocycles. The predicted molar refractivity (Wildman–Crippen MR) is 90.9 cm³/mol. The fourth-order valence-corrected chi connectivity index (χ4v) is 4.05. The van der Waals surface area contributed by atoms with Crippen molar-refractivity contribution in [3.05, 3.63) is 23.9 Å². The van der Waals surface area contributed by atoms with Crippen LogP contribution in [0, 0.1) is 0 Å². The van der Waals surface area contributed by atoms with Crippen LogP contribution in [0.3, 0.4) is 0 Å². The maximum absolute atomic E-state index is 12.5. The lowest BCUT2D eigenvalue weighted by Gasteiger charge is -2.29. The van der Waals surface area contributed by atoms with Crippen LogP contribution in [0.15, 0.2) is 17.1 Å². The monoisotopic (exact) mass is 369 g/mol. The first-order valence-corrected chi connectivity index (χ1v) is 9.48. The Kier molecular flexibility index (Phi) is 5.23. The summed E-state index contributed by atoms with van der Waals surface area (Å²) in [5, 5.41) is 4.67. The van der Waals surface area contributed by atoms with Gasteiger partial charge in [0.25, 0.3) is 10.2 Å². The van der Waals surface area contributed by atoms with Crippen LogP contribution < -0.4 is 0 Å². The number of ether oxygens (including phenoxy) is 1. The molecule has 3 rings (SSSR count). The molecule has 0 fully saturated rings. The van der Waals surface area contributed by atoms with E-state index in [0.717, 1.165) is 17.7 Å². The van der Waals surface area contributed by atoms with Crippen LogP contribution in [0.2, 0.25) is 0 Å². The smallest absolute Gasteiger partial charge is 0.281 e.